The molecule has 0 amide bonds. The molecule has 4 rings (SSSR count). The quantitative estimate of drug-likeness (QED) is 0.735. The molecule has 0 spiro atoms. The number of hydrogen-bond acceptors (Lipinski definition) is 6. The number of piperidine rings is 1. The summed E-state index contributed by atoms with van der Waals surface area (Å²) in [4.78, 5) is 11.6. The lowest BCUT2D eigenvalue weighted by Gasteiger charge is -2.27. The van der Waals surface area contributed by atoms with Crippen LogP contribution in [0, 0.1) is 6.92 Å². The number of aromatic nitrogens is 3. The Balaban J connectivity index is 1.80. The Morgan fingerprint density at radius 1 is 1.17 bits per heavy atom. The molecule has 0 unspecified atom stereocenters. The summed E-state index contributed by atoms with van der Waals surface area (Å²) in [5.74, 6) is 1.43. The molecule has 4 heterocycles. The van der Waals surface area contributed by atoms with Crippen LogP contribution in [0.15, 0.2) is 39.8 Å². The SMILES string of the molecule is Cc1cc(-c2cnc(N3CCCCC3)nc2-c2ccoc2)on1. The predicted octanol–water partition coefficient (Wildman–Crippen LogP) is 3.69. The van der Waals surface area contributed by atoms with Gasteiger partial charge in [0.1, 0.15) is 0 Å². The zero-order valence-corrected chi connectivity index (χ0v) is 13.0. The van der Waals surface area contributed by atoms with Gasteiger partial charge in [-0.25, -0.2) is 9.97 Å². The first-order chi connectivity index (χ1) is 11.3. The van der Waals surface area contributed by atoms with E-state index in [1.807, 2.05) is 25.3 Å². The zero-order chi connectivity index (χ0) is 15.6. The third-order valence-corrected chi connectivity index (χ3v) is 4.10. The van der Waals surface area contributed by atoms with Gasteiger partial charge >= 0.3 is 0 Å². The van der Waals surface area contributed by atoms with Crippen molar-refractivity contribution in [3.8, 4) is 22.6 Å². The van der Waals surface area contributed by atoms with Crippen LogP contribution in [-0.4, -0.2) is 28.2 Å². The Hall–Kier alpha value is -2.63. The van der Waals surface area contributed by atoms with Gasteiger partial charge in [0, 0.05) is 30.9 Å². The Morgan fingerprint density at radius 2 is 2.04 bits per heavy atom. The highest BCUT2D eigenvalue weighted by molar-refractivity contribution is 5.78. The standard InChI is InChI=1S/C17H18N4O2/c1-12-9-15(23-20-12)14-10-18-17(21-6-3-2-4-7-21)19-16(14)13-5-8-22-11-13/h5,8-11H,2-4,6-7H2,1H3. The van der Waals surface area contributed by atoms with Crippen molar-refractivity contribution in [1.29, 1.82) is 0 Å². The van der Waals surface area contributed by atoms with Crippen LogP contribution in [-0.2, 0) is 0 Å². The van der Waals surface area contributed by atoms with E-state index in [1.165, 1.54) is 19.3 Å². The van der Waals surface area contributed by atoms with Crippen LogP contribution in [0.5, 0.6) is 0 Å². The van der Waals surface area contributed by atoms with Crippen LogP contribution in [0.3, 0.4) is 0 Å². The highest BCUT2D eigenvalue weighted by Gasteiger charge is 2.19. The molecule has 1 fully saturated rings. The Morgan fingerprint density at radius 3 is 2.74 bits per heavy atom. The fourth-order valence-corrected chi connectivity index (χ4v) is 2.91. The Bertz CT molecular complexity index is 789. The van der Waals surface area contributed by atoms with E-state index in [2.05, 4.69) is 15.0 Å². The second-order valence-electron chi connectivity index (χ2n) is 5.82. The second-order valence-corrected chi connectivity index (χ2v) is 5.82. The molecule has 0 atom stereocenters. The van der Waals surface area contributed by atoms with Gasteiger partial charge in [0.05, 0.1) is 29.5 Å². The van der Waals surface area contributed by atoms with Crippen molar-refractivity contribution in [2.24, 2.45) is 0 Å². The predicted molar refractivity (Wildman–Crippen MR) is 86.0 cm³/mol. The molecule has 0 aromatic carbocycles. The molecule has 0 aliphatic carbocycles. The molecule has 23 heavy (non-hydrogen) atoms. The fourth-order valence-electron chi connectivity index (χ4n) is 2.91. The molecule has 3 aromatic heterocycles. The molecular formula is C17H18N4O2. The number of rotatable bonds is 3. The van der Waals surface area contributed by atoms with Crippen molar-refractivity contribution in [1.82, 2.24) is 15.1 Å². The minimum atomic E-state index is 0.670. The van der Waals surface area contributed by atoms with E-state index in [9.17, 15) is 0 Å². The largest absolute Gasteiger partial charge is 0.472 e. The van der Waals surface area contributed by atoms with E-state index in [0.29, 0.717) is 5.76 Å². The lowest BCUT2D eigenvalue weighted by molar-refractivity contribution is 0.427. The third kappa shape index (κ3) is 2.72. The van der Waals surface area contributed by atoms with Crippen molar-refractivity contribution in [2.75, 3.05) is 18.0 Å². The molecule has 0 N–H and O–H groups in total. The number of anilines is 1. The average molecular weight is 310 g/mol. The Labute approximate surface area is 134 Å². The monoisotopic (exact) mass is 310 g/mol. The second kappa shape index (κ2) is 5.87. The highest BCUT2D eigenvalue weighted by Crippen LogP contribution is 2.32. The van der Waals surface area contributed by atoms with Gasteiger partial charge in [-0.1, -0.05) is 5.16 Å². The van der Waals surface area contributed by atoms with Crippen molar-refractivity contribution < 1.29 is 8.94 Å². The summed E-state index contributed by atoms with van der Waals surface area (Å²) in [5, 5.41) is 3.96. The summed E-state index contributed by atoms with van der Waals surface area (Å²) < 4.78 is 10.6. The van der Waals surface area contributed by atoms with E-state index < -0.39 is 0 Å². The van der Waals surface area contributed by atoms with E-state index in [-0.39, 0.29) is 0 Å². The summed E-state index contributed by atoms with van der Waals surface area (Å²) in [6.45, 7) is 3.91. The first kappa shape index (κ1) is 14.0. The summed E-state index contributed by atoms with van der Waals surface area (Å²) in [5.41, 5.74) is 3.38. The number of furan rings is 1. The molecule has 6 nitrogen and oxygen atoms in total. The lowest BCUT2D eigenvalue weighted by Crippen LogP contribution is -2.31. The van der Waals surface area contributed by atoms with Gasteiger partial charge in [0.15, 0.2) is 5.76 Å². The average Bonchev–Trinajstić information content (AvgIpc) is 3.27. The minimum Gasteiger partial charge on any atom is -0.472 e. The molecule has 6 heteroatoms. The number of nitrogens with zero attached hydrogens (tertiary/aromatic N) is 4. The zero-order valence-electron chi connectivity index (χ0n) is 13.0. The normalized spacial score (nSPS) is 15.1. The van der Waals surface area contributed by atoms with Crippen molar-refractivity contribution in [2.45, 2.75) is 26.2 Å². The highest BCUT2D eigenvalue weighted by atomic mass is 16.5. The molecule has 1 aliphatic rings. The molecule has 0 radical (unpaired) electrons. The maximum absolute atomic E-state index is 5.40. The van der Waals surface area contributed by atoms with Crippen molar-refractivity contribution in [3.05, 3.63) is 36.5 Å². The maximum Gasteiger partial charge on any atom is 0.225 e. The first-order valence-electron chi connectivity index (χ1n) is 7.89. The molecule has 1 saturated heterocycles. The summed E-state index contributed by atoms with van der Waals surface area (Å²) in [7, 11) is 0. The summed E-state index contributed by atoms with van der Waals surface area (Å²) in [6, 6.07) is 3.79. The summed E-state index contributed by atoms with van der Waals surface area (Å²) >= 11 is 0. The molecule has 3 aromatic rings. The molecule has 0 bridgehead atoms. The van der Waals surface area contributed by atoms with Crippen LogP contribution >= 0.6 is 0 Å². The third-order valence-electron chi connectivity index (χ3n) is 4.10. The van der Waals surface area contributed by atoms with Gasteiger partial charge in [-0.2, -0.15) is 0 Å². The van der Waals surface area contributed by atoms with Crippen LogP contribution in [0.25, 0.3) is 22.6 Å². The van der Waals surface area contributed by atoms with E-state index in [0.717, 1.165) is 41.6 Å². The molecular weight excluding hydrogens is 292 g/mol. The Kier molecular flexibility index (Phi) is 3.57. The number of aryl methyl sites for hydroxylation is 1. The summed E-state index contributed by atoms with van der Waals surface area (Å²) in [6.07, 6.45) is 8.81. The van der Waals surface area contributed by atoms with Crippen molar-refractivity contribution >= 4 is 5.95 Å². The van der Waals surface area contributed by atoms with Crippen LogP contribution in [0.1, 0.15) is 25.0 Å². The minimum absolute atomic E-state index is 0.670. The van der Waals surface area contributed by atoms with Gasteiger partial charge in [0.2, 0.25) is 5.95 Å². The van der Waals surface area contributed by atoms with Gasteiger partial charge in [0.25, 0.3) is 0 Å². The van der Waals surface area contributed by atoms with Crippen LogP contribution in [0.2, 0.25) is 0 Å². The first-order valence-corrected chi connectivity index (χ1v) is 7.89. The number of hydrogen-bond donors (Lipinski definition) is 0. The molecule has 1 aliphatic heterocycles. The fraction of sp³-hybridized carbons (Fsp3) is 0.353. The van der Waals surface area contributed by atoms with Crippen molar-refractivity contribution in [3.63, 3.8) is 0 Å². The van der Waals surface area contributed by atoms with E-state index >= 15 is 0 Å². The van der Waals surface area contributed by atoms with Gasteiger partial charge in [-0.3, -0.25) is 0 Å². The van der Waals surface area contributed by atoms with E-state index in [1.54, 1.807) is 12.5 Å². The smallest absolute Gasteiger partial charge is 0.225 e. The van der Waals surface area contributed by atoms with Crippen LogP contribution < -0.4 is 4.90 Å². The lowest BCUT2D eigenvalue weighted by atomic mass is 10.1. The van der Waals surface area contributed by atoms with Gasteiger partial charge in [-0.15, -0.1) is 0 Å². The molecule has 118 valence electrons. The van der Waals surface area contributed by atoms with Gasteiger partial charge < -0.3 is 13.8 Å². The van der Waals surface area contributed by atoms with E-state index in [4.69, 9.17) is 13.9 Å². The van der Waals surface area contributed by atoms with Gasteiger partial charge in [-0.05, 0) is 32.3 Å². The maximum atomic E-state index is 5.40. The van der Waals surface area contributed by atoms with Crippen LogP contribution in [0.4, 0.5) is 5.95 Å². The topological polar surface area (TPSA) is 68.2 Å². The molecule has 0 saturated carbocycles.